The average molecular weight is 825 g/mol. The third kappa shape index (κ3) is 13.8. The largest absolute Gasteiger partial charge is 0.493 e. The third-order valence-corrected chi connectivity index (χ3v) is 12.6. The Bertz CT molecular complexity index is 1920. The van der Waals surface area contributed by atoms with Gasteiger partial charge in [0, 0.05) is 19.9 Å². The fourth-order valence-corrected chi connectivity index (χ4v) is 8.31. The van der Waals surface area contributed by atoms with Gasteiger partial charge in [-0.25, -0.2) is 0 Å². The molecular formula is C51H68O9. The molecule has 0 radical (unpaired) electrons. The molecule has 1 heterocycles. The number of rotatable bonds is 21. The second-order valence-corrected chi connectivity index (χ2v) is 18.5. The highest BCUT2D eigenvalue weighted by Gasteiger charge is 2.48. The average Bonchev–Trinajstić information content (AvgIpc) is 3.16. The normalized spacial score (nSPS) is 15.8. The molecule has 0 fully saturated rings. The number of ether oxygens (including phenoxy) is 4. The molecule has 4 rings (SSSR count). The van der Waals surface area contributed by atoms with Gasteiger partial charge >= 0.3 is 23.9 Å². The molecule has 1 aliphatic heterocycles. The number of fused-ring (bicyclic) bond motifs is 1. The van der Waals surface area contributed by atoms with E-state index in [-0.39, 0.29) is 16.9 Å². The van der Waals surface area contributed by atoms with Gasteiger partial charge in [-0.3, -0.25) is 19.2 Å². The van der Waals surface area contributed by atoms with E-state index < -0.39 is 35.2 Å². The lowest BCUT2D eigenvalue weighted by Gasteiger charge is -2.36. The van der Waals surface area contributed by atoms with Gasteiger partial charge in [-0.15, -0.1) is 0 Å². The van der Waals surface area contributed by atoms with E-state index in [2.05, 4.69) is 48.5 Å². The second kappa shape index (κ2) is 21.6. The summed E-state index contributed by atoms with van der Waals surface area (Å²) in [6.45, 7) is 21.3. The van der Waals surface area contributed by atoms with Gasteiger partial charge in [-0.05, 0) is 121 Å². The molecule has 0 aliphatic carbocycles. The van der Waals surface area contributed by atoms with Gasteiger partial charge in [0.1, 0.15) is 23.0 Å². The van der Waals surface area contributed by atoms with Crippen LogP contribution in [0.4, 0.5) is 0 Å². The summed E-state index contributed by atoms with van der Waals surface area (Å²) in [7, 11) is 0. The van der Waals surface area contributed by atoms with E-state index in [0.29, 0.717) is 60.0 Å². The molecule has 0 saturated carbocycles. The molecule has 0 spiro atoms. The van der Waals surface area contributed by atoms with Crippen LogP contribution in [-0.4, -0.2) is 35.6 Å². The van der Waals surface area contributed by atoms with Gasteiger partial charge in [0.2, 0.25) is 0 Å². The molecule has 3 aromatic rings. The Labute approximate surface area is 358 Å². The summed E-state index contributed by atoms with van der Waals surface area (Å²) in [6, 6.07) is 17.2. The third-order valence-electron chi connectivity index (χ3n) is 12.6. The molecule has 9 nitrogen and oxygen atoms in total. The molecule has 9 heteroatoms. The number of carbonyl (C=O) groups excluding carboxylic acids is 3. The lowest BCUT2D eigenvalue weighted by Crippen LogP contribution is -2.41. The number of carboxylic acids is 1. The summed E-state index contributed by atoms with van der Waals surface area (Å²) in [5.41, 5.74) is 1.80. The van der Waals surface area contributed by atoms with E-state index in [1.807, 2.05) is 18.2 Å². The van der Waals surface area contributed by atoms with E-state index in [9.17, 15) is 24.3 Å². The Balaban J connectivity index is 1.53. The first-order valence-corrected chi connectivity index (χ1v) is 21.8. The number of carboxylic acid groups (broad SMARTS) is 1. The minimum atomic E-state index is -1.38. The smallest absolute Gasteiger partial charge is 0.318 e. The highest BCUT2D eigenvalue weighted by atomic mass is 16.5. The molecule has 0 amide bonds. The lowest BCUT2D eigenvalue weighted by molar-refractivity contribution is -0.155. The Morgan fingerprint density at radius 2 is 1.35 bits per heavy atom. The summed E-state index contributed by atoms with van der Waals surface area (Å²) >= 11 is 0. The highest BCUT2D eigenvalue weighted by molar-refractivity contribution is 5.89. The van der Waals surface area contributed by atoms with Crippen LogP contribution >= 0.6 is 0 Å². The fraction of sp³-hybridized carbons (Fsp3) is 0.529. The van der Waals surface area contributed by atoms with Gasteiger partial charge in [-0.2, -0.15) is 0 Å². The first-order valence-electron chi connectivity index (χ1n) is 21.8. The molecule has 1 aliphatic rings. The predicted octanol–water partition coefficient (Wildman–Crippen LogP) is 12.1. The van der Waals surface area contributed by atoms with E-state index in [4.69, 9.17) is 18.9 Å². The summed E-state index contributed by atoms with van der Waals surface area (Å²) in [4.78, 5) is 50.9. The van der Waals surface area contributed by atoms with Crippen molar-refractivity contribution in [2.75, 3.05) is 6.61 Å². The molecular weight excluding hydrogens is 757 g/mol. The van der Waals surface area contributed by atoms with Crippen molar-refractivity contribution in [3.8, 4) is 23.0 Å². The monoisotopic (exact) mass is 824 g/mol. The van der Waals surface area contributed by atoms with Crippen molar-refractivity contribution >= 4 is 36.0 Å². The van der Waals surface area contributed by atoms with Crippen LogP contribution in [0.25, 0.3) is 12.2 Å². The summed E-state index contributed by atoms with van der Waals surface area (Å²) in [6.07, 6.45) is 11.9. The van der Waals surface area contributed by atoms with Crippen molar-refractivity contribution in [1.29, 1.82) is 0 Å². The lowest BCUT2D eigenvalue weighted by atomic mass is 9.68. The minimum Gasteiger partial charge on any atom is -0.493 e. The highest BCUT2D eigenvalue weighted by Crippen LogP contribution is 2.45. The number of hydrogen-bond donors (Lipinski definition) is 1. The van der Waals surface area contributed by atoms with Gasteiger partial charge in [-0.1, -0.05) is 111 Å². The number of aryl methyl sites for hydroxylation is 1. The topological polar surface area (TPSA) is 125 Å². The van der Waals surface area contributed by atoms with Gasteiger partial charge in [0.15, 0.2) is 0 Å². The van der Waals surface area contributed by atoms with Crippen molar-refractivity contribution in [3.63, 3.8) is 0 Å². The maximum absolute atomic E-state index is 14.5. The predicted molar refractivity (Wildman–Crippen MR) is 237 cm³/mol. The molecule has 0 aromatic heterocycles. The van der Waals surface area contributed by atoms with Crippen molar-refractivity contribution in [2.24, 2.45) is 34.5 Å². The van der Waals surface area contributed by atoms with Crippen LogP contribution in [0.2, 0.25) is 0 Å². The van der Waals surface area contributed by atoms with E-state index in [0.717, 1.165) is 42.6 Å². The second-order valence-electron chi connectivity index (χ2n) is 18.5. The molecule has 326 valence electrons. The van der Waals surface area contributed by atoms with Crippen LogP contribution in [0.15, 0.2) is 60.7 Å². The van der Waals surface area contributed by atoms with E-state index in [1.165, 1.54) is 39.2 Å². The quantitative estimate of drug-likeness (QED) is 0.0635. The number of esters is 3. The van der Waals surface area contributed by atoms with Crippen molar-refractivity contribution in [3.05, 3.63) is 82.9 Å². The molecule has 0 bridgehead atoms. The summed E-state index contributed by atoms with van der Waals surface area (Å²) < 4.78 is 22.3. The van der Waals surface area contributed by atoms with Crippen LogP contribution < -0.4 is 18.9 Å². The van der Waals surface area contributed by atoms with Crippen LogP contribution in [-0.2, 0) is 25.6 Å². The van der Waals surface area contributed by atoms with Crippen LogP contribution in [0, 0.1) is 34.5 Å². The number of hydrogen-bond acceptors (Lipinski definition) is 8. The SMILES string of the molecule is CC(=O)Oc1cc(C=Cc2ccc(OC(=O)C(C)(CCCC(C)C(C)CC(C)C(C)(C)CCCC(C)C)C(C(=O)O)c3ccc4c(c3)CCCO4)cc2)cc(OC(C)=O)c1. The van der Waals surface area contributed by atoms with E-state index in [1.54, 1.807) is 55.5 Å². The Morgan fingerprint density at radius 1 is 0.733 bits per heavy atom. The van der Waals surface area contributed by atoms with Crippen molar-refractivity contribution < 1.29 is 43.2 Å². The number of benzene rings is 3. The van der Waals surface area contributed by atoms with Gasteiger partial charge < -0.3 is 24.1 Å². The van der Waals surface area contributed by atoms with Crippen LogP contribution in [0.3, 0.4) is 0 Å². The zero-order valence-electron chi connectivity index (χ0n) is 37.6. The Morgan fingerprint density at radius 3 is 1.95 bits per heavy atom. The summed E-state index contributed by atoms with van der Waals surface area (Å²) in [5, 5.41) is 10.9. The van der Waals surface area contributed by atoms with Crippen LogP contribution in [0.1, 0.15) is 149 Å². The molecule has 0 saturated heterocycles. The Kier molecular flexibility index (Phi) is 17.2. The van der Waals surface area contributed by atoms with Crippen molar-refractivity contribution in [1.82, 2.24) is 0 Å². The maximum Gasteiger partial charge on any atom is 0.318 e. The maximum atomic E-state index is 14.5. The molecule has 5 unspecified atom stereocenters. The zero-order chi connectivity index (χ0) is 44.2. The van der Waals surface area contributed by atoms with Gasteiger partial charge in [0.25, 0.3) is 0 Å². The Hall–Kier alpha value is -4.92. The molecule has 5 atom stereocenters. The van der Waals surface area contributed by atoms with E-state index >= 15 is 0 Å². The van der Waals surface area contributed by atoms with Gasteiger partial charge in [0.05, 0.1) is 17.9 Å². The number of carbonyl (C=O) groups is 4. The number of aliphatic carboxylic acids is 1. The first-order chi connectivity index (χ1) is 28.3. The molecule has 3 aromatic carbocycles. The minimum absolute atomic E-state index is 0.236. The van der Waals surface area contributed by atoms with Crippen molar-refractivity contribution in [2.45, 2.75) is 133 Å². The fourth-order valence-electron chi connectivity index (χ4n) is 8.31. The standard InChI is InChI=1S/C51H68O9/c1-33(2)14-11-25-50(8,9)36(5)28-35(4)34(3)15-12-26-51(10,47(48(54)55)42-21-24-46-41(31-42)16-13-27-57-46)49(56)60-43-22-19-39(20-23-43)17-18-40-29-44(58-37(6)52)32-45(30-40)59-38(7)53/h17-24,29-36,47H,11-16,25-28H2,1-10H3,(H,54,55). The molecule has 60 heavy (non-hydrogen) atoms. The van der Waals surface area contributed by atoms with Crippen LogP contribution in [0.5, 0.6) is 23.0 Å². The zero-order valence-corrected chi connectivity index (χ0v) is 37.6. The summed E-state index contributed by atoms with van der Waals surface area (Å²) in [5.74, 6) is -0.147. The first kappa shape index (κ1) is 47.8. The molecule has 1 N–H and O–H groups in total.